The van der Waals surface area contributed by atoms with Crippen molar-refractivity contribution in [3.63, 3.8) is 0 Å². The topological polar surface area (TPSA) is 50.4 Å². The average molecular weight is 222 g/mol. The van der Waals surface area contributed by atoms with Gasteiger partial charge in [0.25, 0.3) is 0 Å². The van der Waals surface area contributed by atoms with Gasteiger partial charge in [-0.15, -0.1) is 0 Å². The SMILES string of the molecule is CCOC(=O)Nc1cccc(C(C)NC)c1. The molecule has 4 heteroatoms. The molecule has 0 bridgehead atoms. The standard InChI is InChI=1S/C12H18N2O2/c1-4-16-12(15)14-11-7-5-6-10(8-11)9(2)13-3/h5-9,13H,4H2,1-3H3,(H,14,15). The number of carbonyl (C=O) groups is 1. The smallest absolute Gasteiger partial charge is 0.411 e. The number of carbonyl (C=O) groups excluding carboxylic acids is 1. The monoisotopic (exact) mass is 222 g/mol. The molecule has 0 saturated carbocycles. The van der Waals surface area contributed by atoms with Crippen LogP contribution in [0.15, 0.2) is 24.3 Å². The molecule has 0 saturated heterocycles. The average Bonchev–Trinajstić information content (AvgIpc) is 2.28. The van der Waals surface area contributed by atoms with Crippen molar-refractivity contribution in [1.29, 1.82) is 0 Å². The normalized spacial score (nSPS) is 11.9. The fraction of sp³-hybridized carbons (Fsp3) is 0.417. The lowest BCUT2D eigenvalue weighted by Crippen LogP contribution is -2.15. The minimum Gasteiger partial charge on any atom is -0.450 e. The molecule has 0 fully saturated rings. The Kier molecular flexibility index (Phi) is 4.79. The van der Waals surface area contributed by atoms with Crippen molar-refractivity contribution in [3.05, 3.63) is 29.8 Å². The molecule has 1 unspecified atom stereocenters. The summed E-state index contributed by atoms with van der Waals surface area (Å²) in [6.45, 7) is 4.21. The van der Waals surface area contributed by atoms with Gasteiger partial charge >= 0.3 is 6.09 Å². The minimum absolute atomic E-state index is 0.254. The molecule has 0 heterocycles. The molecule has 2 N–H and O–H groups in total. The maximum atomic E-state index is 11.2. The lowest BCUT2D eigenvalue weighted by molar-refractivity contribution is 0.168. The predicted octanol–water partition coefficient (Wildman–Crippen LogP) is 2.54. The highest BCUT2D eigenvalue weighted by molar-refractivity contribution is 5.84. The molecule has 0 aliphatic heterocycles. The molecule has 1 atom stereocenters. The number of rotatable bonds is 4. The van der Waals surface area contributed by atoms with Gasteiger partial charge in [0.2, 0.25) is 0 Å². The van der Waals surface area contributed by atoms with Crippen molar-refractivity contribution in [1.82, 2.24) is 5.32 Å². The zero-order chi connectivity index (χ0) is 12.0. The van der Waals surface area contributed by atoms with Crippen LogP contribution in [-0.2, 0) is 4.74 Å². The summed E-state index contributed by atoms with van der Waals surface area (Å²) in [4.78, 5) is 11.2. The zero-order valence-corrected chi connectivity index (χ0v) is 9.91. The largest absolute Gasteiger partial charge is 0.450 e. The third-order valence-electron chi connectivity index (χ3n) is 2.34. The molecule has 4 nitrogen and oxygen atoms in total. The second kappa shape index (κ2) is 6.12. The second-order valence-electron chi connectivity index (χ2n) is 3.48. The van der Waals surface area contributed by atoms with Crippen molar-refractivity contribution in [2.24, 2.45) is 0 Å². The molecule has 0 spiro atoms. The van der Waals surface area contributed by atoms with Crippen molar-refractivity contribution >= 4 is 11.8 Å². The van der Waals surface area contributed by atoms with Gasteiger partial charge < -0.3 is 10.1 Å². The molecule has 1 rings (SSSR count). The van der Waals surface area contributed by atoms with Gasteiger partial charge in [0.15, 0.2) is 0 Å². The maximum absolute atomic E-state index is 11.2. The van der Waals surface area contributed by atoms with Gasteiger partial charge in [-0.05, 0) is 38.6 Å². The highest BCUT2D eigenvalue weighted by Crippen LogP contribution is 2.16. The van der Waals surface area contributed by atoms with Crippen LogP contribution in [0, 0.1) is 0 Å². The Balaban J connectivity index is 2.71. The Morgan fingerprint density at radius 3 is 2.88 bits per heavy atom. The van der Waals surface area contributed by atoms with Crippen molar-refractivity contribution in [3.8, 4) is 0 Å². The summed E-state index contributed by atoms with van der Waals surface area (Å²) in [5.41, 5.74) is 1.87. The molecule has 0 radical (unpaired) electrons. The molecule has 1 aromatic carbocycles. The van der Waals surface area contributed by atoms with Crippen LogP contribution in [0.3, 0.4) is 0 Å². The number of nitrogens with one attached hydrogen (secondary N) is 2. The molecule has 0 aliphatic rings. The van der Waals surface area contributed by atoms with E-state index in [0.717, 1.165) is 11.3 Å². The first-order valence-corrected chi connectivity index (χ1v) is 5.38. The molecule has 1 aromatic rings. The number of anilines is 1. The highest BCUT2D eigenvalue weighted by Gasteiger charge is 2.05. The molecular weight excluding hydrogens is 204 g/mol. The van der Waals surface area contributed by atoms with E-state index in [4.69, 9.17) is 4.74 Å². The van der Waals surface area contributed by atoms with Crippen LogP contribution in [0.2, 0.25) is 0 Å². The number of hydrogen-bond donors (Lipinski definition) is 2. The number of benzene rings is 1. The summed E-state index contributed by atoms with van der Waals surface area (Å²) >= 11 is 0. The van der Waals surface area contributed by atoms with E-state index in [-0.39, 0.29) is 6.04 Å². The van der Waals surface area contributed by atoms with E-state index in [1.807, 2.05) is 31.3 Å². The van der Waals surface area contributed by atoms with Crippen LogP contribution in [0.5, 0.6) is 0 Å². The molecule has 1 amide bonds. The fourth-order valence-electron chi connectivity index (χ4n) is 1.34. The van der Waals surface area contributed by atoms with E-state index in [0.29, 0.717) is 6.61 Å². The van der Waals surface area contributed by atoms with Gasteiger partial charge in [-0.25, -0.2) is 4.79 Å². The molecule has 0 aromatic heterocycles. The number of amides is 1. The van der Waals surface area contributed by atoms with Gasteiger partial charge in [-0.3, -0.25) is 5.32 Å². The first-order chi connectivity index (χ1) is 7.67. The summed E-state index contributed by atoms with van der Waals surface area (Å²) in [7, 11) is 1.90. The van der Waals surface area contributed by atoms with E-state index in [2.05, 4.69) is 17.6 Å². The van der Waals surface area contributed by atoms with Gasteiger partial charge in [0, 0.05) is 11.7 Å². The fourth-order valence-corrected chi connectivity index (χ4v) is 1.34. The van der Waals surface area contributed by atoms with Gasteiger partial charge in [-0.1, -0.05) is 12.1 Å². The third kappa shape index (κ3) is 3.55. The molecular formula is C12H18N2O2. The van der Waals surface area contributed by atoms with Crippen LogP contribution in [0.25, 0.3) is 0 Å². The molecule has 88 valence electrons. The highest BCUT2D eigenvalue weighted by atomic mass is 16.5. The Bertz CT molecular complexity index is 353. The lowest BCUT2D eigenvalue weighted by Gasteiger charge is -2.12. The summed E-state index contributed by atoms with van der Waals surface area (Å²) in [6.07, 6.45) is -0.420. The van der Waals surface area contributed by atoms with Crippen molar-refractivity contribution in [2.45, 2.75) is 19.9 Å². The summed E-state index contributed by atoms with van der Waals surface area (Å²) in [5, 5.41) is 5.82. The van der Waals surface area contributed by atoms with Gasteiger partial charge in [-0.2, -0.15) is 0 Å². The second-order valence-corrected chi connectivity index (χ2v) is 3.48. The van der Waals surface area contributed by atoms with E-state index in [1.54, 1.807) is 6.92 Å². The van der Waals surface area contributed by atoms with E-state index in [9.17, 15) is 4.79 Å². The van der Waals surface area contributed by atoms with Crippen molar-refractivity contribution < 1.29 is 9.53 Å². The van der Waals surface area contributed by atoms with E-state index in [1.165, 1.54) is 0 Å². The van der Waals surface area contributed by atoms with Crippen LogP contribution in [-0.4, -0.2) is 19.7 Å². The van der Waals surface area contributed by atoms with Crippen LogP contribution < -0.4 is 10.6 Å². The van der Waals surface area contributed by atoms with Gasteiger partial charge in [0.05, 0.1) is 6.61 Å². The van der Waals surface area contributed by atoms with Crippen LogP contribution in [0.4, 0.5) is 10.5 Å². The Morgan fingerprint density at radius 2 is 2.25 bits per heavy atom. The summed E-state index contributed by atoms with van der Waals surface area (Å²) in [5.74, 6) is 0. The maximum Gasteiger partial charge on any atom is 0.411 e. The lowest BCUT2D eigenvalue weighted by atomic mass is 10.1. The van der Waals surface area contributed by atoms with Crippen LogP contribution in [0.1, 0.15) is 25.5 Å². The Hall–Kier alpha value is -1.55. The Morgan fingerprint density at radius 1 is 1.50 bits per heavy atom. The third-order valence-corrected chi connectivity index (χ3v) is 2.34. The van der Waals surface area contributed by atoms with E-state index < -0.39 is 6.09 Å². The molecule has 0 aliphatic carbocycles. The zero-order valence-electron chi connectivity index (χ0n) is 9.91. The van der Waals surface area contributed by atoms with Crippen molar-refractivity contribution in [2.75, 3.05) is 19.0 Å². The first-order valence-electron chi connectivity index (χ1n) is 5.38. The first kappa shape index (κ1) is 12.5. The number of ether oxygens (including phenoxy) is 1. The van der Waals surface area contributed by atoms with Crippen LogP contribution >= 0.6 is 0 Å². The number of hydrogen-bond acceptors (Lipinski definition) is 3. The van der Waals surface area contributed by atoms with Gasteiger partial charge in [0.1, 0.15) is 0 Å². The summed E-state index contributed by atoms with van der Waals surface area (Å²) in [6, 6.07) is 7.94. The minimum atomic E-state index is -0.420. The van der Waals surface area contributed by atoms with E-state index >= 15 is 0 Å². The Labute approximate surface area is 96.0 Å². The quantitative estimate of drug-likeness (QED) is 0.823. The molecule has 16 heavy (non-hydrogen) atoms. The predicted molar refractivity (Wildman–Crippen MR) is 64.6 cm³/mol. The summed E-state index contributed by atoms with van der Waals surface area (Å²) < 4.78 is 4.81.